The van der Waals surface area contributed by atoms with Crippen LogP contribution in [0.5, 0.6) is 0 Å². The lowest BCUT2D eigenvalue weighted by atomic mass is 9.94. The van der Waals surface area contributed by atoms with E-state index in [4.69, 9.17) is 9.84 Å². The number of hydrogen-bond donors (Lipinski definition) is 2. The summed E-state index contributed by atoms with van der Waals surface area (Å²) in [6.45, 7) is 4.13. The zero-order valence-electron chi connectivity index (χ0n) is 16.2. The maximum Gasteiger partial charge on any atom is 0.370 e. The number of methoxy groups -OCH3 is 1. The summed E-state index contributed by atoms with van der Waals surface area (Å²) in [6.07, 6.45) is 10.8. The first-order valence-electron chi connectivity index (χ1n) is 9.22. The van der Waals surface area contributed by atoms with Gasteiger partial charge in [0.2, 0.25) is 5.76 Å². The molecule has 4 nitrogen and oxygen atoms in total. The number of aliphatic carboxylic acids is 1. The first kappa shape index (κ1) is 20.7. The number of hydrogen-bond acceptors (Lipinski definition) is 3. The average molecular weight is 368 g/mol. The van der Waals surface area contributed by atoms with E-state index in [1.54, 1.807) is 7.11 Å². The molecule has 1 aromatic carbocycles. The summed E-state index contributed by atoms with van der Waals surface area (Å²) in [5, 5.41) is 18.4. The number of ether oxygens (including phenoxy) is 1. The minimum atomic E-state index is -1.31. The highest BCUT2D eigenvalue weighted by Crippen LogP contribution is 2.25. The number of aliphatic hydroxyl groups excluding tert-OH is 1. The van der Waals surface area contributed by atoms with Crippen molar-refractivity contribution in [1.29, 1.82) is 0 Å². The second-order valence-corrected chi connectivity index (χ2v) is 6.89. The number of carboxylic acid groups (broad SMARTS) is 1. The third-order valence-corrected chi connectivity index (χ3v) is 4.82. The van der Waals surface area contributed by atoms with Crippen molar-refractivity contribution in [3.63, 3.8) is 0 Å². The predicted octanol–water partition coefficient (Wildman–Crippen LogP) is 5.45. The number of carboxylic acids is 1. The molecule has 0 bridgehead atoms. The third kappa shape index (κ3) is 6.26. The lowest BCUT2D eigenvalue weighted by molar-refractivity contribution is -0.135. The average Bonchev–Trinajstić information content (AvgIpc) is 2.65. The lowest BCUT2D eigenvalue weighted by Gasteiger charge is -2.16. The molecular weight excluding hydrogens is 340 g/mol. The fraction of sp³-hybridized carbons (Fsp3) is 0.348. The van der Waals surface area contributed by atoms with Crippen molar-refractivity contribution in [2.45, 2.75) is 45.6 Å². The molecule has 0 radical (unpaired) electrons. The van der Waals surface area contributed by atoms with E-state index in [2.05, 4.69) is 25.1 Å². The molecular formula is C23H28O4. The van der Waals surface area contributed by atoms with Crippen LogP contribution in [-0.4, -0.2) is 23.3 Å². The summed E-state index contributed by atoms with van der Waals surface area (Å²) >= 11 is 0. The van der Waals surface area contributed by atoms with Gasteiger partial charge in [0.05, 0.1) is 6.10 Å². The van der Waals surface area contributed by atoms with E-state index in [9.17, 15) is 9.90 Å². The molecule has 1 unspecified atom stereocenters. The van der Waals surface area contributed by atoms with Crippen LogP contribution in [0, 0.1) is 0 Å². The SMILES string of the molecule is COC(C)c1ccccc1CCC1=C/C=C(/C=C(\O)C(=O)O)CC\C(C)=C\1. The van der Waals surface area contributed by atoms with E-state index in [1.165, 1.54) is 28.3 Å². The minimum absolute atomic E-state index is 0.0559. The van der Waals surface area contributed by atoms with Crippen molar-refractivity contribution in [3.05, 3.63) is 82.2 Å². The minimum Gasteiger partial charge on any atom is -0.502 e. The van der Waals surface area contributed by atoms with E-state index < -0.39 is 11.7 Å². The summed E-state index contributed by atoms with van der Waals surface area (Å²) in [7, 11) is 1.72. The van der Waals surface area contributed by atoms with Crippen molar-refractivity contribution in [3.8, 4) is 0 Å². The number of benzene rings is 1. The molecule has 0 aliphatic heterocycles. The van der Waals surface area contributed by atoms with Crippen LogP contribution in [0.4, 0.5) is 0 Å². The zero-order chi connectivity index (χ0) is 19.8. The van der Waals surface area contributed by atoms with Crippen LogP contribution < -0.4 is 0 Å². The van der Waals surface area contributed by atoms with E-state index in [-0.39, 0.29) is 6.10 Å². The Balaban J connectivity index is 2.20. The predicted molar refractivity (Wildman–Crippen MR) is 108 cm³/mol. The van der Waals surface area contributed by atoms with E-state index in [0.717, 1.165) is 24.8 Å². The van der Waals surface area contributed by atoms with Crippen LogP contribution in [0.3, 0.4) is 0 Å². The molecule has 0 amide bonds. The van der Waals surface area contributed by atoms with Gasteiger partial charge in [0, 0.05) is 7.11 Å². The Labute approximate surface area is 161 Å². The number of aryl methyl sites for hydroxylation is 1. The van der Waals surface area contributed by atoms with E-state index in [0.29, 0.717) is 6.42 Å². The summed E-state index contributed by atoms with van der Waals surface area (Å²) in [6, 6.07) is 8.32. The Hall–Kier alpha value is -2.59. The van der Waals surface area contributed by atoms with Crippen LogP contribution in [0.2, 0.25) is 0 Å². The normalized spacial score (nSPS) is 22.3. The van der Waals surface area contributed by atoms with Gasteiger partial charge in [-0.25, -0.2) is 4.79 Å². The number of allylic oxidation sites excluding steroid dienone is 7. The molecule has 0 aromatic heterocycles. The summed E-state index contributed by atoms with van der Waals surface area (Å²) in [5.74, 6) is -1.93. The molecule has 0 saturated carbocycles. The van der Waals surface area contributed by atoms with Crippen LogP contribution in [-0.2, 0) is 16.0 Å². The third-order valence-electron chi connectivity index (χ3n) is 4.82. The Morgan fingerprint density at radius 3 is 2.63 bits per heavy atom. The Morgan fingerprint density at radius 1 is 1.19 bits per heavy atom. The van der Waals surface area contributed by atoms with Gasteiger partial charge < -0.3 is 14.9 Å². The van der Waals surface area contributed by atoms with Gasteiger partial charge in [0.15, 0.2) is 0 Å². The van der Waals surface area contributed by atoms with Gasteiger partial charge in [-0.05, 0) is 67.9 Å². The molecule has 1 aromatic rings. The number of carbonyl (C=O) groups is 1. The fourth-order valence-corrected chi connectivity index (χ4v) is 3.15. The van der Waals surface area contributed by atoms with Gasteiger partial charge in [-0.15, -0.1) is 0 Å². The highest BCUT2D eigenvalue weighted by molar-refractivity contribution is 5.84. The lowest BCUT2D eigenvalue weighted by Crippen LogP contribution is -2.02. The topological polar surface area (TPSA) is 66.8 Å². The van der Waals surface area contributed by atoms with Crippen molar-refractivity contribution < 1.29 is 19.7 Å². The molecule has 0 spiro atoms. The Morgan fingerprint density at radius 2 is 1.93 bits per heavy atom. The fourth-order valence-electron chi connectivity index (χ4n) is 3.15. The van der Waals surface area contributed by atoms with E-state index in [1.807, 2.05) is 31.2 Å². The van der Waals surface area contributed by atoms with Gasteiger partial charge >= 0.3 is 5.97 Å². The van der Waals surface area contributed by atoms with Crippen LogP contribution >= 0.6 is 0 Å². The molecule has 0 saturated heterocycles. The maximum absolute atomic E-state index is 10.8. The second-order valence-electron chi connectivity index (χ2n) is 6.89. The zero-order valence-corrected chi connectivity index (χ0v) is 16.2. The largest absolute Gasteiger partial charge is 0.502 e. The van der Waals surface area contributed by atoms with Crippen LogP contribution in [0.1, 0.15) is 50.3 Å². The Bertz CT molecular complexity index is 796. The molecule has 1 atom stereocenters. The summed E-state index contributed by atoms with van der Waals surface area (Å²) < 4.78 is 5.48. The standard InChI is InChI=1S/C23H28O4/c1-16-8-9-19(15-22(24)23(25)26)11-10-18(14-16)12-13-20-6-4-5-7-21(20)17(2)27-3/h4-7,10-11,14-15,17,24H,8-9,12-13H2,1-3H3,(H,25,26)/b16-14+,18-10-,19-11+,22-15-. The highest BCUT2D eigenvalue weighted by atomic mass is 16.5. The monoisotopic (exact) mass is 368 g/mol. The molecule has 27 heavy (non-hydrogen) atoms. The molecule has 144 valence electrons. The molecule has 0 fully saturated rings. The van der Waals surface area contributed by atoms with Crippen LogP contribution in [0.15, 0.2) is 71.0 Å². The Kier molecular flexibility index (Phi) is 7.62. The second kappa shape index (κ2) is 9.93. The van der Waals surface area contributed by atoms with Gasteiger partial charge in [0.1, 0.15) is 0 Å². The van der Waals surface area contributed by atoms with Gasteiger partial charge in [-0.1, -0.05) is 48.1 Å². The van der Waals surface area contributed by atoms with Gasteiger partial charge in [-0.2, -0.15) is 0 Å². The molecule has 0 heterocycles. The van der Waals surface area contributed by atoms with Crippen molar-refractivity contribution in [2.24, 2.45) is 0 Å². The van der Waals surface area contributed by atoms with Crippen molar-refractivity contribution in [1.82, 2.24) is 0 Å². The van der Waals surface area contributed by atoms with E-state index >= 15 is 0 Å². The van der Waals surface area contributed by atoms with Crippen molar-refractivity contribution >= 4 is 5.97 Å². The number of aliphatic hydroxyl groups is 1. The quantitative estimate of drug-likeness (QED) is 0.496. The number of rotatable bonds is 7. The summed E-state index contributed by atoms with van der Waals surface area (Å²) in [4.78, 5) is 10.8. The summed E-state index contributed by atoms with van der Waals surface area (Å²) in [5.41, 5.74) is 5.72. The molecule has 4 heteroatoms. The molecule has 2 N–H and O–H groups in total. The first-order valence-corrected chi connectivity index (χ1v) is 9.22. The highest BCUT2D eigenvalue weighted by Gasteiger charge is 2.10. The first-order chi connectivity index (χ1) is 12.9. The molecule has 1 aliphatic carbocycles. The molecule has 2 rings (SSSR count). The maximum atomic E-state index is 10.8. The smallest absolute Gasteiger partial charge is 0.370 e. The van der Waals surface area contributed by atoms with Gasteiger partial charge in [0.25, 0.3) is 0 Å². The van der Waals surface area contributed by atoms with Crippen LogP contribution in [0.25, 0.3) is 0 Å². The van der Waals surface area contributed by atoms with Gasteiger partial charge in [-0.3, -0.25) is 0 Å². The molecule has 1 aliphatic rings. The van der Waals surface area contributed by atoms with Crippen molar-refractivity contribution in [2.75, 3.05) is 7.11 Å².